The van der Waals surface area contributed by atoms with Crippen LogP contribution in [0.2, 0.25) is 0 Å². The van der Waals surface area contributed by atoms with Gasteiger partial charge in [-0.05, 0) is 107 Å². The van der Waals surface area contributed by atoms with Crippen LogP contribution in [-0.4, -0.2) is 13.7 Å². The van der Waals surface area contributed by atoms with Gasteiger partial charge in [-0.25, -0.2) is 0 Å². The van der Waals surface area contributed by atoms with Crippen molar-refractivity contribution in [3.63, 3.8) is 0 Å². The second-order valence-electron chi connectivity index (χ2n) is 13.3. The maximum atomic E-state index is 10.0. The van der Waals surface area contributed by atoms with Gasteiger partial charge in [0.2, 0.25) is 0 Å². The molecule has 0 spiro atoms. The van der Waals surface area contributed by atoms with E-state index in [-0.39, 0.29) is 43.6 Å². The molecule has 0 fully saturated rings. The second-order valence-corrected chi connectivity index (χ2v) is 13.3. The van der Waals surface area contributed by atoms with Gasteiger partial charge in [-0.1, -0.05) is 127 Å². The highest BCUT2D eigenvalue weighted by molar-refractivity contribution is 6.14. The van der Waals surface area contributed by atoms with E-state index in [9.17, 15) is 17.8 Å². The topological polar surface area (TPSA) is 14.8 Å². The van der Waals surface area contributed by atoms with Gasteiger partial charge in [-0.3, -0.25) is 0 Å². The van der Waals surface area contributed by atoms with Gasteiger partial charge in [0.15, 0.2) is 0 Å². The van der Waals surface area contributed by atoms with Gasteiger partial charge in [-0.2, -0.15) is 0 Å². The lowest BCUT2D eigenvalue weighted by Crippen LogP contribution is -1.95. The third-order valence-corrected chi connectivity index (χ3v) is 10.2. The molecule has 0 bridgehead atoms. The average molecular weight is 747 g/mol. The Morgan fingerprint density at radius 2 is 0.702 bits per heavy atom. The van der Waals surface area contributed by atoms with Gasteiger partial charge in [0.25, 0.3) is 0 Å². The first kappa shape index (κ1) is 17.5. The van der Waals surface area contributed by atoms with Crippen molar-refractivity contribution in [3.8, 4) is 39.3 Å². The van der Waals surface area contributed by atoms with E-state index < -0.39 is 166 Å². The van der Waals surface area contributed by atoms with Crippen LogP contribution in [0.4, 0.5) is 0 Å². The van der Waals surface area contributed by atoms with E-state index in [1.807, 2.05) is 36.4 Å². The van der Waals surface area contributed by atoms with Crippen molar-refractivity contribution in [1.82, 2.24) is 13.7 Å². The van der Waals surface area contributed by atoms with Crippen LogP contribution in [0.5, 0.6) is 0 Å². The molecule has 12 aromatic rings. The summed E-state index contributed by atoms with van der Waals surface area (Å²) in [5.74, 6) is 0. The van der Waals surface area contributed by atoms with E-state index >= 15 is 0 Å². The van der Waals surface area contributed by atoms with Crippen LogP contribution in [0.3, 0.4) is 0 Å². The molecule has 57 heavy (non-hydrogen) atoms. The Morgan fingerprint density at radius 3 is 1.28 bits per heavy atom. The van der Waals surface area contributed by atoms with E-state index in [1.54, 1.807) is 48.5 Å². The molecule has 3 aromatic heterocycles. The molecule has 0 aliphatic heterocycles. The summed E-state index contributed by atoms with van der Waals surface area (Å²) in [5, 5.41) is -1.88. The summed E-state index contributed by atoms with van der Waals surface area (Å²) < 4.78 is 199. The Hall–Kier alpha value is -7.62. The Kier molecular flexibility index (Phi) is 3.81. The summed E-state index contributed by atoms with van der Waals surface area (Å²) in [5.41, 5.74) is -1.39. The molecule has 12 rings (SSSR count). The molecule has 0 aliphatic carbocycles. The zero-order chi connectivity index (χ0) is 55.7. The summed E-state index contributed by atoms with van der Waals surface area (Å²) in [4.78, 5) is 0. The summed E-state index contributed by atoms with van der Waals surface area (Å²) in [6, 6.07) is 9.64. The number of hydrogen-bond acceptors (Lipinski definition) is 0. The zero-order valence-corrected chi connectivity index (χ0v) is 29.4. The number of aromatic nitrogens is 3. The van der Waals surface area contributed by atoms with Crippen molar-refractivity contribution < 1.29 is 28.8 Å². The van der Waals surface area contributed by atoms with Crippen molar-refractivity contribution in [2.75, 3.05) is 0 Å². The largest absolute Gasteiger partial charge is 0.309 e. The highest BCUT2D eigenvalue weighted by Crippen LogP contribution is 2.40. The molecule has 0 aliphatic rings. The molecule has 0 saturated carbocycles. The van der Waals surface area contributed by atoms with Crippen LogP contribution in [0.15, 0.2) is 212 Å². The molecule has 0 radical (unpaired) electrons. The lowest BCUT2D eigenvalue weighted by Gasteiger charge is -2.11. The van der Waals surface area contributed by atoms with Crippen molar-refractivity contribution in [2.24, 2.45) is 0 Å². The third kappa shape index (κ3) is 4.86. The smallest absolute Gasteiger partial charge is 0.0652 e. The Bertz CT molecular complexity index is 4740. The highest BCUT2D eigenvalue weighted by Gasteiger charge is 2.18. The fourth-order valence-corrected chi connectivity index (χ4v) is 7.67. The van der Waals surface area contributed by atoms with Crippen LogP contribution >= 0.6 is 0 Å². The minimum atomic E-state index is -0.881. The lowest BCUT2D eigenvalue weighted by molar-refractivity contribution is 1.17. The Morgan fingerprint density at radius 1 is 0.281 bits per heavy atom. The molecule has 3 heterocycles. The van der Waals surface area contributed by atoms with Crippen LogP contribution in [0.25, 0.3) is 105 Å². The average Bonchev–Trinajstić information content (AvgIpc) is 3.76. The van der Waals surface area contributed by atoms with Crippen LogP contribution < -0.4 is 0 Å². The van der Waals surface area contributed by atoms with Gasteiger partial charge in [0.1, 0.15) is 0 Å². The highest BCUT2D eigenvalue weighted by atomic mass is 15.0. The fourth-order valence-electron chi connectivity index (χ4n) is 7.67. The van der Waals surface area contributed by atoms with Gasteiger partial charge in [0.05, 0.1) is 61.9 Å². The van der Waals surface area contributed by atoms with Crippen molar-refractivity contribution in [1.29, 1.82) is 0 Å². The minimum absolute atomic E-state index is 0.139. The number of fused-ring (bicyclic) bond motifs is 9. The molecule has 0 unspecified atom stereocenters. The molecular formula is C54H35N3. The number of benzene rings is 9. The summed E-state index contributed by atoms with van der Waals surface area (Å²) >= 11 is 0. The SMILES string of the molecule is [2H]c1c([2H])c([2H])c2c(c1[2H])c1c([2H])c(-c3c([2H])c([2H])c4c(c3[2H])c3c([2H])c([2H])c([2H])c([2H])c3n4-c3c([2H])c([2H])c4c(c3[2H])c3c([2H])c([2H])c([2H])c([2H])c3n4-c3ccccc3)c([2H])c([2H])c1n2-c1cccc(-c2ccccc2)c1. The molecule has 0 saturated heterocycles. The van der Waals surface area contributed by atoms with E-state index in [1.165, 1.54) is 9.13 Å². The molecule has 9 aromatic carbocycles. The first-order valence-electron chi connectivity index (χ1n) is 28.4. The first-order chi connectivity index (χ1) is 37.1. The molecular weight excluding hydrogens is 691 g/mol. The van der Waals surface area contributed by atoms with Gasteiger partial charge < -0.3 is 13.7 Å². The molecule has 0 atom stereocenters. The predicted molar refractivity (Wildman–Crippen MR) is 240 cm³/mol. The Balaban J connectivity index is 1.24. The van der Waals surface area contributed by atoms with Crippen molar-refractivity contribution in [2.45, 2.75) is 0 Å². The van der Waals surface area contributed by atoms with E-state index in [2.05, 4.69) is 0 Å². The number of para-hydroxylation sites is 4. The number of nitrogens with zero attached hydrogens (tertiary/aromatic N) is 3. The second kappa shape index (κ2) is 12.5. The van der Waals surface area contributed by atoms with Gasteiger partial charge >= 0.3 is 0 Å². The Labute approximate surface area is 359 Å². The molecule has 0 N–H and O–H groups in total. The van der Waals surface area contributed by atoms with Crippen molar-refractivity contribution >= 4 is 65.4 Å². The third-order valence-electron chi connectivity index (χ3n) is 10.2. The molecule has 0 amide bonds. The maximum absolute atomic E-state index is 10.0. The van der Waals surface area contributed by atoms with Gasteiger partial charge in [-0.15, -0.1) is 0 Å². The first-order valence-corrected chi connectivity index (χ1v) is 17.9. The number of hydrogen-bond donors (Lipinski definition) is 0. The standard InChI is InChI=1S/C54H35N3/c1-3-14-36(15-4-1)37-16-13-19-41(32-37)56-50-24-11-7-20-43(50)46-33-38(26-29-52(46)56)39-27-30-53-47(34-39)44-21-8-12-25-51(44)57(53)42-28-31-54-48(35-42)45-22-9-10-23-49(45)55(54)40-17-5-2-6-18-40/h1-35H/i7D,8D,9D,10D,11D,12D,20D,21D,22D,23D,24D,25D,26D,27D,28D,29D,30D,31D,33D,34D,35D. The monoisotopic (exact) mass is 746 g/mol. The quantitative estimate of drug-likeness (QED) is 0.167. The molecule has 3 nitrogen and oxygen atoms in total. The van der Waals surface area contributed by atoms with E-state index in [4.69, 9.17) is 11.0 Å². The summed E-state index contributed by atoms with van der Waals surface area (Å²) in [7, 11) is 0. The normalized spacial score (nSPS) is 17.0. The van der Waals surface area contributed by atoms with Crippen LogP contribution in [0.1, 0.15) is 28.8 Å². The summed E-state index contributed by atoms with van der Waals surface area (Å²) in [6.45, 7) is 0. The molecule has 266 valence electrons. The van der Waals surface area contributed by atoms with Crippen LogP contribution in [0, 0.1) is 0 Å². The predicted octanol–water partition coefficient (Wildman–Crippen LogP) is 14.3. The zero-order valence-electron chi connectivity index (χ0n) is 50.4. The van der Waals surface area contributed by atoms with Crippen molar-refractivity contribution in [3.05, 3.63) is 212 Å². The fraction of sp³-hybridized carbons (Fsp3) is 0. The number of rotatable bonds is 5. The maximum Gasteiger partial charge on any atom is 0.0652 e. The minimum Gasteiger partial charge on any atom is -0.309 e. The van der Waals surface area contributed by atoms with E-state index in [0.717, 1.165) is 10.1 Å². The van der Waals surface area contributed by atoms with Gasteiger partial charge in [0, 0.05) is 49.4 Å². The summed E-state index contributed by atoms with van der Waals surface area (Å²) in [6.07, 6.45) is 0. The lowest BCUT2D eigenvalue weighted by atomic mass is 10.0. The molecule has 3 heteroatoms. The van der Waals surface area contributed by atoms with Crippen LogP contribution in [-0.2, 0) is 0 Å². The van der Waals surface area contributed by atoms with E-state index in [0.29, 0.717) is 16.9 Å².